The van der Waals surface area contributed by atoms with E-state index in [-0.39, 0.29) is 11.4 Å². The Balaban J connectivity index is 1.67. The molecule has 1 N–H and O–H groups in total. The number of nitrogens with one attached hydrogen (secondary N) is 1. The minimum absolute atomic E-state index is 0.0504. The average Bonchev–Trinajstić information content (AvgIpc) is 3.06. The summed E-state index contributed by atoms with van der Waals surface area (Å²) in [6.07, 6.45) is -4.76. The molecule has 0 saturated carbocycles. The smallest absolute Gasteiger partial charge is 0.406 e. The topological polar surface area (TPSA) is 64.4 Å². The number of rotatable bonds is 4. The van der Waals surface area contributed by atoms with Gasteiger partial charge >= 0.3 is 6.36 Å². The van der Waals surface area contributed by atoms with Crippen molar-refractivity contribution in [2.24, 2.45) is 0 Å². The first-order valence-corrected chi connectivity index (χ1v) is 7.10. The molecule has 0 aliphatic carbocycles. The molecule has 0 spiro atoms. The highest BCUT2D eigenvalue weighted by molar-refractivity contribution is 6.03. The largest absolute Gasteiger partial charge is 0.573 e. The van der Waals surface area contributed by atoms with Crippen LogP contribution in [0.15, 0.2) is 65.2 Å². The van der Waals surface area contributed by atoms with E-state index < -0.39 is 12.3 Å². The van der Waals surface area contributed by atoms with Crippen LogP contribution in [0, 0.1) is 0 Å². The molecule has 3 rings (SSSR count). The van der Waals surface area contributed by atoms with Gasteiger partial charge in [0.15, 0.2) is 11.5 Å². The van der Waals surface area contributed by atoms with Crippen molar-refractivity contribution < 1.29 is 27.2 Å². The van der Waals surface area contributed by atoms with Gasteiger partial charge in [0.1, 0.15) is 5.75 Å². The van der Waals surface area contributed by atoms with Crippen molar-refractivity contribution in [3.05, 3.63) is 66.4 Å². The molecule has 1 heterocycles. The van der Waals surface area contributed by atoms with Crippen LogP contribution < -0.4 is 10.1 Å². The molecule has 0 bridgehead atoms. The van der Waals surface area contributed by atoms with Crippen LogP contribution in [0.3, 0.4) is 0 Å². The van der Waals surface area contributed by atoms with E-state index in [0.29, 0.717) is 11.4 Å². The second-order valence-electron chi connectivity index (χ2n) is 4.97. The molecule has 5 nitrogen and oxygen atoms in total. The number of carbonyl (C=O) groups is 1. The van der Waals surface area contributed by atoms with Crippen molar-refractivity contribution in [2.75, 3.05) is 5.32 Å². The van der Waals surface area contributed by atoms with Gasteiger partial charge in [-0.3, -0.25) is 4.79 Å². The van der Waals surface area contributed by atoms with Gasteiger partial charge in [-0.2, -0.15) is 0 Å². The van der Waals surface area contributed by atoms with Gasteiger partial charge < -0.3 is 14.6 Å². The summed E-state index contributed by atoms with van der Waals surface area (Å²) in [5, 5.41) is 6.21. The van der Waals surface area contributed by atoms with Gasteiger partial charge in [0.2, 0.25) is 0 Å². The van der Waals surface area contributed by atoms with Crippen molar-refractivity contribution in [2.45, 2.75) is 6.36 Å². The van der Waals surface area contributed by atoms with Crippen LogP contribution >= 0.6 is 0 Å². The Morgan fingerprint density at radius 3 is 2.36 bits per heavy atom. The Bertz CT molecular complexity index is 859. The lowest BCUT2D eigenvalue weighted by Crippen LogP contribution is -2.17. The highest BCUT2D eigenvalue weighted by Gasteiger charge is 2.31. The van der Waals surface area contributed by atoms with Gasteiger partial charge in [-0.1, -0.05) is 35.5 Å². The lowest BCUT2D eigenvalue weighted by molar-refractivity contribution is -0.274. The lowest BCUT2D eigenvalue weighted by Gasteiger charge is -2.09. The van der Waals surface area contributed by atoms with Crippen molar-refractivity contribution in [1.29, 1.82) is 0 Å². The number of ether oxygens (including phenoxy) is 1. The van der Waals surface area contributed by atoms with Gasteiger partial charge in [-0.25, -0.2) is 0 Å². The molecule has 8 heteroatoms. The summed E-state index contributed by atoms with van der Waals surface area (Å²) >= 11 is 0. The van der Waals surface area contributed by atoms with Gasteiger partial charge in [0.25, 0.3) is 5.91 Å². The quantitative estimate of drug-likeness (QED) is 0.754. The summed E-state index contributed by atoms with van der Waals surface area (Å²) in [4.78, 5) is 12.1. The molecule has 1 amide bonds. The standard InChI is InChI=1S/C17H11F3N2O3/c18-17(19,20)24-13-8-6-12(7-9-13)21-16(23)14-10-15(25-22-14)11-4-2-1-3-5-11/h1-10H,(H,21,23). The van der Waals surface area contributed by atoms with E-state index in [1.807, 2.05) is 30.3 Å². The molecule has 0 fully saturated rings. The van der Waals surface area contributed by atoms with Crippen molar-refractivity contribution in [3.63, 3.8) is 0 Å². The fraction of sp³-hybridized carbons (Fsp3) is 0.0588. The zero-order valence-corrected chi connectivity index (χ0v) is 12.6. The maximum absolute atomic E-state index is 12.1. The van der Waals surface area contributed by atoms with Crippen molar-refractivity contribution in [3.8, 4) is 17.1 Å². The summed E-state index contributed by atoms with van der Waals surface area (Å²) in [5.41, 5.74) is 1.11. The Hall–Kier alpha value is -3.29. The molecule has 128 valence electrons. The molecule has 0 aliphatic heterocycles. The van der Waals surface area contributed by atoms with Crippen molar-refractivity contribution in [1.82, 2.24) is 5.16 Å². The molecule has 3 aromatic rings. The summed E-state index contributed by atoms with van der Waals surface area (Å²) < 4.78 is 45.2. The number of hydrogen-bond acceptors (Lipinski definition) is 4. The predicted molar refractivity (Wildman–Crippen MR) is 83.0 cm³/mol. The zero-order valence-electron chi connectivity index (χ0n) is 12.6. The number of benzene rings is 2. The van der Waals surface area contributed by atoms with Crippen LogP contribution in [0.25, 0.3) is 11.3 Å². The third kappa shape index (κ3) is 4.37. The van der Waals surface area contributed by atoms with E-state index in [1.54, 1.807) is 0 Å². The molecular weight excluding hydrogens is 337 g/mol. The van der Waals surface area contributed by atoms with Crippen LogP contribution in [0.4, 0.5) is 18.9 Å². The first-order chi connectivity index (χ1) is 11.9. The zero-order chi connectivity index (χ0) is 17.9. The predicted octanol–water partition coefficient (Wildman–Crippen LogP) is 4.49. The lowest BCUT2D eigenvalue weighted by atomic mass is 10.1. The van der Waals surface area contributed by atoms with Gasteiger partial charge in [-0.15, -0.1) is 13.2 Å². The number of nitrogens with zero attached hydrogens (tertiary/aromatic N) is 1. The molecule has 0 saturated heterocycles. The molecule has 2 aromatic carbocycles. The first-order valence-electron chi connectivity index (χ1n) is 7.10. The highest BCUT2D eigenvalue weighted by Crippen LogP contribution is 2.24. The number of hydrogen-bond donors (Lipinski definition) is 1. The van der Waals surface area contributed by atoms with E-state index in [9.17, 15) is 18.0 Å². The molecular formula is C17H11F3N2O3. The van der Waals surface area contributed by atoms with Crippen LogP contribution in [-0.4, -0.2) is 17.4 Å². The van der Waals surface area contributed by atoms with Gasteiger partial charge in [0, 0.05) is 17.3 Å². The van der Waals surface area contributed by atoms with Crippen LogP contribution in [-0.2, 0) is 0 Å². The third-order valence-electron chi connectivity index (χ3n) is 3.15. The summed E-state index contributed by atoms with van der Waals surface area (Å²) in [5.74, 6) is -0.492. The molecule has 0 unspecified atom stereocenters. The number of halogens is 3. The SMILES string of the molecule is O=C(Nc1ccc(OC(F)(F)F)cc1)c1cc(-c2ccccc2)on1. The van der Waals surface area contributed by atoms with Crippen LogP contribution in [0.5, 0.6) is 5.75 Å². The Morgan fingerprint density at radius 1 is 1.04 bits per heavy atom. The molecule has 0 atom stereocenters. The van der Waals surface area contributed by atoms with Crippen LogP contribution in [0.2, 0.25) is 0 Å². The second-order valence-corrected chi connectivity index (χ2v) is 4.97. The first kappa shape index (κ1) is 16.6. The monoisotopic (exact) mass is 348 g/mol. The molecule has 0 aliphatic rings. The van der Waals surface area contributed by atoms with E-state index in [2.05, 4.69) is 15.2 Å². The second kappa shape index (κ2) is 6.68. The summed E-state index contributed by atoms with van der Waals surface area (Å²) in [6.45, 7) is 0. The highest BCUT2D eigenvalue weighted by atomic mass is 19.4. The number of aromatic nitrogens is 1. The van der Waals surface area contributed by atoms with Crippen molar-refractivity contribution >= 4 is 11.6 Å². The van der Waals surface area contributed by atoms with E-state index in [4.69, 9.17) is 4.52 Å². The number of alkyl halides is 3. The van der Waals surface area contributed by atoms with E-state index >= 15 is 0 Å². The maximum Gasteiger partial charge on any atom is 0.573 e. The number of amides is 1. The minimum atomic E-state index is -4.76. The van der Waals surface area contributed by atoms with Crippen LogP contribution in [0.1, 0.15) is 10.5 Å². The normalized spacial score (nSPS) is 11.2. The van der Waals surface area contributed by atoms with Gasteiger partial charge in [-0.05, 0) is 24.3 Å². The van der Waals surface area contributed by atoms with Gasteiger partial charge in [0.05, 0.1) is 0 Å². The molecule has 0 radical (unpaired) electrons. The maximum atomic E-state index is 12.1. The van der Waals surface area contributed by atoms with E-state index in [1.165, 1.54) is 18.2 Å². The molecule has 25 heavy (non-hydrogen) atoms. The molecule has 1 aromatic heterocycles. The minimum Gasteiger partial charge on any atom is -0.406 e. The summed E-state index contributed by atoms with van der Waals surface area (Å²) in [7, 11) is 0. The summed E-state index contributed by atoms with van der Waals surface area (Å²) in [6, 6.07) is 15.4. The Labute approximate surface area is 140 Å². The number of anilines is 1. The number of carbonyl (C=O) groups excluding carboxylic acids is 1. The fourth-order valence-electron chi connectivity index (χ4n) is 2.06. The average molecular weight is 348 g/mol. The van der Waals surface area contributed by atoms with E-state index in [0.717, 1.165) is 17.7 Å². The Kier molecular flexibility index (Phi) is 4.42. The Morgan fingerprint density at radius 2 is 1.72 bits per heavy atom. The third-order valence-corrected chi connectivity index (χ3v) is 3.15. The fourth-order valence-corrected chi connectivity index (χ4v) is 2.06.